The summed E-state index contributed by atoms with van der Waals surface area (Å²) in [5.74, 6) is -0.245. The van der Waals surface area contributed by atoms with Crippen molar-refractivity contribution in [2.24, 2.45) is 5.41 Å². The predicted molar refractivity (Wildman–Crippen MR) is 69.9 cm³/mol. The van der Waals surface area contributed by atoms with Crippen molar-refractivity contribution in [2.45, 2.75) is 73.0 Å². The van der Waals surface area contributed by atoms with Gasteiger partial charge < -0.3 is 9.47 Å². The molecule has 0 saturated heterocycles. The molecule has 0 aromatic rings. The summed E-state index contributed by atoms with van der Waals surface area (Å²) in [7, 11) is 0. The summed E-state index contributed by atoms with van der Waals surface area (Å²) < 4.78 is 11.1. The van der Waals surface area contributed by atoms with Crippen LogP contribution in [0, 0.1) is 5.41 Å². The third-order valence-corrected chi connectivity index (χ3v) is 3.39. The van der Waals surface area contributed by atoms with E-state index in [2.05, 4.69) is 34.6 Å². The number of hydrogen-bond donors (Lipinski definition) is 0. The molecule has 0 aromatic carbocycles. The third kappa shape index (κ3) is 6.06. The Bertz CT molecular complexity index is 259. The summed E-state index contributed by atoms with van der Waals surface area (Å²) in [6.45, 7) is 16.5. The van der Waals surface area contributed by atoms with Crippen molar-refractivity contribution in [2.75, 3.05) is 6.61 Å². The first-order chi connectivity index (χ1) is 7.37. The maximum atomic E-state index is 10.9. The molecule has 0 heterocycles. The van der Waals surface area contributed by atoms with Crippen molar-refractivity contribution in [3.05, 3.63) is 0 Å². The molecule has 3 nitrogen and oxygen atoms in total. The first-order valence-corrected chi connectivity index (χ1v) is 6.21. The fraction of sp³-hybridized carbons (Fsp3) is 0.929. The number of esters is 1. The Kier molecular flexibility index (Phi) is 5.20. The third-order valence-electron chi connectivity index (χ3n) is 3.39. The van der Waals surface area contributed by atoms with Crippen molar-refractivity contribution in [1.82, 2.24) is 0 Å². The Balaban J connectivity index is 4.20. The van der Waals surface area contributed by atoms with Crippen LogP contribution in [0.4, 0.5) is 0 Å². The standard InChI is InChI=1S/C14H28O3/c1-11(15)17-13(5,6)9-10-16-14(7,8)12(2,3)4/h9-10H2,1-8H3. The Morgan fingerprint density at radius 3 is 1.82 bits per heavy atom. The van der Waals surface area contributed by atoms with Crippen LogP contribution in [-0.4, -0.2) is 23.8 Å². The molecule has 0 amide bonds. The number of ether oxygens (including phenoxy) is 2. The first-order valence-electron chi connectivity index (χ1n) is 6.21. The SMILES string of the molecule is CC(=O)OC(C)(C)CCOC(C)(C)C(C)(C)C. The summed E-state index contributed by atoms with van der Waals surface area (Å²) in [6, 6.07) is 0. The zero-order valence-corrected chi connectivity index (χ0v) is 12.6. The molecular formula is C14H28O3. The van der Waals surface area contributed by atoms with Gasteiger partial charge in [0, 0.05) is 13.3 Å². The average molecular weight is 244 g/mol. The van der Waals surface area contributed by atoms with Crippen LogP contribution in [0.2, 0.25) is 0 Å². The van der Waals surface area contributed by atoms with Crippen molar-refractivity contribution in [1.29, 1.82) is 0 Å². The molecule has 0 spiro atoms. The molecule has 0 fully saturated rings. The molecule has 0 aromatic heterocycles. The zero-order chi connectivity index (χ0) is 13.9. The highest BCUT2D eigenvalue weighted by Gasteiger charge is 2.34. The van der Waals surface area contributed by atoms with Crippen molar-refractivity contribution in [3.8, 4) is 0 Å². The largest absolute Gasteiger partial charge is 0.460 e. The van der Waals surface area contributed by atoms with E-state index in [1.165, 1.54) is 6.92 Å². The van der Waals surface area contributed by atoms with Crippen LogP contribution < -0.4 is 0 Å². The minimum absolute atomic E-state index is 0.0819. The van der Waals surface area contributed by atoms with Crippen LogP contribution in [0.3, 0.4) is 0 Å². The maximum Gasteiger partial charge on any atom is 0.303 e. The number of rotatable bonds is 5. The fourth-order valence-corrected chi connectivity index (χ4v) is 1.21. The quantitative estimate of drug-likeness (QED) is 0.694. The van der Waals surface area contributed by atoms with Gasteiger partial charge in [-0.1, -0.05) is 20.8 Å². The number of carbonyl (C=O) groups excluding carboxylic acids is 1. The van der Waals surface area contributed by atoms with Crippen LogP contribution in [0.25, 0.3) is 0 Å². The van der Waals surface area contributed by atoms with Gasteiger partial charge in [0.1, 0.15) is 5.60 Å². The molecule has 0 aliphatic heterocycles. The van der Waals surface area contributed by atoms with Crippen molar-refractivity contribution in [3.63, 3.8) is 0 Å². The predicted octanol–water partition coefficient (Wildman–Crippen LogP) is 3.56. The summed E-state index contributed by atoms with van der Waals surface area (Å²) in [6.07, 6.45) is 0.700. The van der Waals surface area contributed by atoms with Gasteiger partial charge in [-0.15, -0.1) is 0 Å². The molecular weight excluding hydrogens is 216 g/mol. The topological polar surface area (TPSA) is 35.5 Å². The maximum absolute atomic E-state index is 10.9. The van der Waals surface area contributed by atoms with Gasteiger partial charge in [0.15, 0.2) is 0 Å². The van der Waals surface area contributed by atoms with E-state index in [0.717, 1.165) is 0 Å². The molecule has 0 N–H and O–H groups in total. The van der Waals surface area contributed by atoms with Gasteiger partial charge in [0.05, 0.1) is 12.2 Å². The van der Waals surface area contributed by atoms with Gasteiger partial charge in [-0.05, 0) is 33.1 Å². The summed E-state index contributed by atoms with van der Waals surface area (Å²) >= 11 is 0. The van der Waals surface area contributed by atoms with E-state index >= 15 is 0 Å². The highest BCUT2D eigenvalue weighted by atomic mass is 16.6. The highest BCUT2D eigenvalue weighted by molar-refractivity contribution is 5.66. The molecule has 0 saturated carbocycles. The molecule has 0 unspecified atom stereocenters. The van der Waals surface area contributed by atoms with Gasteiger partial charge in [0.25, 0.3) is 0 Å². The second-order valence-corrected chi connectivity index (χ2v) is 6.71. The monoisotopic (exact) mass is 244 g/mol. The summed E-state index contributed by atoms with van der Waals surface area (Å²) in [5.41, 5.74) is -0.572. The smallest absolute Gasteiger partial charge is 0.303 e. The van der Waals surface area contributed by atoms with E-state index in [1.54, 1.807) is 0 Å². The Morgan fingerprint density at radius 1 is 1.00 bits per heavy atom. The zero-order valence-electron chi connectivity index (χ0n) is 12.6. The molecule has 102 valence electrons. The minimum atomic E-state index is -0.459. The van der Waals surface area contributed by atoms with Gasteiger partial charge in [-0.2, -0.15) is 0 Å². The molecule has 0 aliphatic rings. The molecule has 0 atom stereocenters. The summed E-state index contributed by atoms with van der Waals surface area (Å²) in [5, 5.41) is 0. The molecule has 0 bridgehead atoms. The van der Waals surface area contributed by atoms with E-state index in [-0.39, 0.29) is 17.0 Å². The van der Waals surface area contributed by atoms with Crippen molar-refractivity contribution < 1.29 is 14.3 Å². The highest BCUT2D eigenvalue weighted by Crippen LogP contribution is 2.33. The lowest BCUT2D eigenvalue weighted by atomic mass is 9.79. The molecule has 0 rings (SSSR count). The average Bonchev–Trinajstić information content (AvgIpc) is 1.97. The van der Waals surface area contributed by atoms with E-state index in [4.69, 9.17) is 9.47 Å². The second kappa shape index (κ2) is 5.38. The van der Waals surface area contributed by atoms with E-state index < -0.39 is 5.60 Å². The van der Waals surface area contributed by atoms with Gasteiger partial charge >= 0.3 is 5.97 Å². The lowest BCUT2D eigenvalue weighted by Crippen LogP contribution is -2.41. The van der Waals surface area contributed by atoms with Crippen LogP contribution in [0.15, 0.2) is 0 Å². The Labute approximate surface area is 106 Å². The molecule has 3 heteroatoms. The molecule has 17 heavy (non-hydrogen) atoms. The normalized spacial score (nSPS) is 13.6. The van der Waals surface area contributed by atoms with Crippen LogP contribution >= 0.6 is 0 Å². The number of hydrogen-bond acceptors (Lipinski definition) is 3. The lowest BCUT2D eigenvalue weighted by molar-refractivity contribution is -0.158. The van der Waals surface area contributed by atoms with Crippen LogP contribution in [-0.2, 0) is 14.3 Å². The summed E-state index contributed by atoms with van der Waals surface area (Å²) in [4.78, 5) is 10.9. The van der Waals surface area contributed by atoms with Gasteiger partial charge in [-0.25, -0.2) is 0 Å². The molecule has 0 radical (unpaired) electrons. The first kappa shape index (κ1) is 16.4. The van der Waals surface area contributed by atoms with Crippen LogP contribution in [0.1, 0.15) is 61.8 Å². The van der Waals surface area contributed by atoms with Gasteiger partial charge in [-0.3, -0.25) is 4.79 Å². The van der Waals surface area contributed by atoms with Crippen LogP contribution in [0.5, 0.6) is 0 Å². The van der Waals surface area contributed by atoms with Crippen molar-refractivity contribution >= 4 is 5.97 Å². The van der Waals surface area contributed by atoms with E-state index in [0.29, 0.717) is 13.0 Å². The fourth-order valence-electron chi connectivity index (χ4n) is 1.21. The Hall–Kier alpha value is -0.570. The Morgan fingerprint density at radius 2 is 1.47 bits per heavy atom. The number of carbonyl (C=O) groups is 1. The second-order valence-electron chi connectivity index (χ2n) is 6.71. The van der Waals surface area contributed by atoms with E-state index in [1.807, 2.05) is 13.8 Å². The van der Waals surface area contributed by atoms with E-state index in [9.17, 15) is 4.79 Å². The van der Waals surface area contributed by atoms with Gasteiger partial charge in [0.2, 0.25) is 0 Å². The molecule has 0 aliphatic carbocycles. The lowest BCUT2D eigenvalue weighted by Gasteiger charge is -2.39. The minimum Gasteiger partial charge on any atom is -0.460 e.